The van der Waals surface area contributed by atoms with Crippen molar-refractivity contribution in [1.82, 2.24) is 5.32 Å². The van der Waals surface area contributed by atoms with E-state index in [0.29, 0.717) is 13.2 Å². The van der Waals surface area contributed by atoms with Gasteiger partial charge in [-0.15, -0.1) is 0 Å². The van der Waals surface area contributed by atoms with Crippen LogP contribution in [0.4, 0.5) is 0 Å². The van der Waals surface area contributed by atoms with E-state index in [4.69, 9.17) is 4.74 Å². The first kappa shape index (κ1) is 18.5. The lowest BCUT2D eigenvalue weighted by atomic mass is 9.67. The summed E-state index contributed by atoms with van der Waals surface area (Å²) in [5, 5.41) is 13.3. The van der Waals surface area contributed by atoms with Crippen molar-refractivity contribution in [3.05, 3.63) is 35.9 Å². The van der Waals surface area contributed by atoms with Crippen molar-refractivity contribution < 1.29 is 19.4 Å². The summed E-state index contributed by atoms with van der Waals surface area (Å²) < 4.78 is 5.87. The van der Waals surface area contributed by atoms with Crippen molar-refractivity contribution in [2.24, 2.45) is 0 Å². The van der Waals surface area contributed by atoms with Gasteiger partial charge < -0.3 is 20.0 Å². The lowest BCUT2D eigenvalue weighted by Crippen LogP contribution is -2.45. The molecule has 24 heavy (non-hydrogen) atoms. The van der Waals surface area contributed by atoms with Gasteiger partial charge in [-0.25, -0.2) is 0 Å². The number of amides is 1. The topological polar surface area (TPSA) is 78.5 Å². The predicted molar refractivity (Wildman–Crippen MR) is 89.3 cm³/mol. The zero-order valence-electron chi connectivity index (χ0n) is 14.5. The molecular formula is C19H26NO4-. The number of hydrogen-bond donors (Lipinski definition) is 1. The zero-order chi connectivity index (χ0) is 17.6. The van der Waals surface area contributed by atoms with E-state index in [0.717, 1.165) is 19.3 Å². The second kappa shape index (κ2) is 7.79. The number of carboxylic acid groups (broad SMARTS) is 1. The Labute approximate surface area is 143 Å². The highest BCUT2D eigenvalue weighted by molar-refractivity contribution is 5.79. The molecule has 1 amide bonds. The van der Waals surface area contributed by atoms with Gasteiger partial charge in [0.05, 0.1) is 5.60 Å². The van der Waals surface area contributed by atoms with E-state index in [1.807, 2.05) is 18.2 Å². The van der Waals surface area contributed by atoms with Crippen LogP contribution in [0.25, 0.3) is 0 Å². The predicted octanol–water partition coefficient (Wildman–Crippen LogP) is 1.55. The van der Waals surface area contributed by atoms with Gasteiger partial charge in [-0.1, -0.05) is 30.3 Å². The first-order chi connectivity index (χ1) is 11.3. The molecule has 132 valence electrons. The highest BCUT2D eigenvalue weighted by Gasteiger charge is 2.41. The Kier molecular flexibility index (Phi) is 5.99. The van der Waals surface area contributed by atoms with Gasteiger partial charge in [0.2, 0.25) is 5.91 Å². The molecule has 1 atom stereocenters. The molecule has 1 aliphatic rings. The number of rotatable bonds is 7. The number of aliphatic carboxylic acids is 1. The van der Waals surface area contributed by atoms with Gasteiger partial charge in [-0.2, -0.15) is 0 Å². The molecule has 0 spiro atoms. The molecule has 5 heteroatoms. The Hall–Kier alpha value is -1.88. The van der Waals surface area contributed by atoms with E-state index in [2.05, 4.69) is 31.3 Å². The minimum absolute atomic E-state index is 0.0325. The van der Waals surface area contributed by atoms with Gasteiger partial charge in [0.25, 0.3) is 0 Å². The van der Waals surface area contributed by atoms with Crippen LogP contribution in [0, 0.1) is 0 Å². The molecule has 0 bridgehead atoms. The summed E-state index contributed by atoms with van der Waals surface area (Å²) in [5.74, 6) is -1.44. The molecule has 1 fully saturated rings. The van der Waals surface area contributed by atoms with Gasteiger partial charge in [-0.3, -0.25) is 4.79 Å². The van der Waals surface area contributed by atoms with Crippen molar-refractivity contribution in [2.45, 2.75) is 57.0 Å². The average Bonchev–Trinajstić information content (AvgIpc) is 2.53. The van der Waals surface area contributed by atoms with Crippen molar-refractivity contribution in [1.29, 1.82) is 0 Å². The van der Waals surface area contributed by atoms with Crippen LogP contribution in [0.15, 0.2) is 30.3 Å². The molecule has 0 radical (unpaired) electrons. The molecule has 5 nitrogen and oxygen atoms in total. The summed E-state index contributed by atoms with van der Waals surface area (Å²) >= 11 is 0. The number of ether oxygens (including phenoxy) is 1. The van der Waals surface area contributed by atoms with Gasteiger partial charge in [0, 0.05) is 31.0 Å². The van der Waals surface area contributed by atoms with Gasteiger partial charge in [0.15, 0.2) is 0 Å². The van der Waals surface area contributed by atoms with Crippen LogP contribution in [0.1, 0.15) is 51.5 Å². The van der Waals surface area contributed by atoms with Gasteiger partial charge in [-0.05, 0) is 45.1 Å². The second-order valence-corrected chi connectivity index (χ2v) is 7.15. The summed E-state index contributed by atoms with van der Waals surface area (Å²) in [6, 6.07) is 10.4. The van der Waals surface area contributed by atoms with Crippen LogP contribution < -0.4 is 10.4 Å². The maximum atomic E-state index is 11.7. The number of nitrogens with one attached hydrogen (secondary N) is 1. The van der Waals surface area contributed by atoms with E-state index in [-0.39, 0.29) is 29.8 Å². The van der Waals surface area contributed by atoms with Crippen LogP contribution in [0.2, 0.25) is 0 Å². The fourth-order valence-corrected chi connectivity index (χ4v) is 3.62. The lowest BCUT2D eigenvalue weighted by molar-refractivity contribution is -0.305. The maximum Gasteiger partial charge on any atom is 0.220 e. The van der Waals surface area contributed by atoms with E-state index in [1.165, 1.54) is 5.56 Å². The third-order valence-electron chi connectivity index (χ3n) is 4.71. The molecule has 1 saturated heterocycles. The first-order valence-corrected chi connectivity index (χ1v) is 8.49. The molecular weight excluding hydrogens is 306 g/mol. The number of benzene rings is 1. The largest absolute Gasteiger partial charge is 0.550 e. The zero-order valence-corrected chi connectivity index (χ0v) is 14.5. The molecule has 0 saturated carbocycles. The van der Waals surface area contributed by atoms with E-state index in [1.54, 1.807) is 0 Å². The number of hydrogen-bond acceptors (Lipinski definition) is 4. The van der Waals surface area contributed by atoms with Crippen molar-refractivity contribution in [3.8, 4) is 0 Å². The Balaban J connectivity index is 2.02. The summed E-state index contributed by atoms with van der Waals surface area (Å²) in [7, 11) is 0. The van der Waals surface area contributed by atoms with Gasteiger partial charge >= 0.3 is 0 Å². The Bertz CT molecular complexity index is 570. The third kappa shape index (κ3) is 5.06. The standard InChI is InChI=1S/C19H27NO4/c1-18(2)14-19(11-13-24-18,15-6-4-3-5-7-15)10-12-20-16(21)8-9-17(22)23/h3-7H,8-14H2,1-2H3,(H,20,21)(H,22,23)/p-1/t19-/m0/s1. The van der Waals surface area contributed by atoms with Crippen molar-refractivity contribution >= 4 is 11.9 Å². The Morgan fingerprint density at radius 1 is 1.21 bits per heavy atom. The summed E-state index contributed by atoms with van der Waals surface area (Å²) in [5.41, 5.74) is 1.03. The maximum absolute atomic E-state index is 11.7. The quantitative estimate of drug-likeness (QED) is 0.822. The summed E-state index contributed by atoms with van der Waals surface area (Å²) in [6.07, 6.45) is 2.33. The normalized spacial score (nSPS) is 22.8. The van der Waals surface area contributed by atoms with Gasteiger partial charge in [0.1, 0.15) is 0 Å². The molecule has 0 unspecified atom stereocenters. The smallest absolute Gasteiger partial charge is 0.220 e. The van der Waals surface area contributed by atoms with Crippen LogP contribution in [-0.2, 0) is 19.7 Å². The van der Waals surface area contributed by atoms with E-state index in [9.17, 15) is 14.7 Å². The van der Waals surface area contributed by atoms with Crippen LogP contribution >= 0.6 is 0 Å². The monoisotopic (exact) mass is 332 g/mol. The fourth-order valence-electron chi connectivity index (χ4n) is 3.62. The Morgan fingerprint density at radius 2 is 1.92 bits per heavy atom. The minimum atomic E-state index is -1.20. The first-order valence-electron chi connectivity index (χ1n) is 8.49. The lowest BCUT2D eigenvalue weighted by Gasteiger charge is -2.45. The van der Waals surface area contributed by atoms with Crippen molar-refractivity contribution in [3.63, 3.8) is 0 Å². The Morgan fingerprint density at radius 3 is 2.54 bits per heavy atom. The van der Waals surface area contributed by atoms with Crippen LogP contribution in [0.5, 0.6) is 0 Å². The van der Waals surface area contributed by atoms with E-state index < -0.39 is 5.97 Å². The third-order valence-corrected chi connectivity index (χ3v) is 4.71. The fraction of sp³-hybridized carbons (Fsp3) is 0.579. The average molecular weight is 332 g/mol. The highest BCUT2D eigenvalue weighted by Crippen LogP contribution is 2.43. The van der Waals surface area contributed by atoms with Crippen LogP contribution in [-0.4, -0.2) is 30.6 Å². The molecule has 0 aliphatic carbocycles. The molecule has 1 heterocycles. The molecule has 2 rings (SSSR count). The molecule has 0 aromatic heterocycles. The molecule has 1 N–H and O–H groups in total. The molecule has 1 aromatic carbocycles. The number of carbonyl (C=O) groups excluding carboxylic acids is 2. The molecule has 1 aromatic rings. The van der Waals surface area contributed by atoms with E-state index >= 15 is 0 Å². The second-order valence-electron chi connectivity index (χ2n) is 7.15. The number of carboxylic acids is 1. The summed E-state index contributed by atoms with van der Waals surface area (Å²) in [6.45, 7) is 5.42. The highest BCUT2D eigenvalue weighted by atomic mass is 16.5. The SMILES string of the molecule is CC1(C)C[C@@](CCNC(=O)CCC(=O)[O-])(c2ccccc2)CCO1. The summed E-state index contributed by atoms with van der Waals surface area (Å²) in [4.78, 5) is 22.2. The van der Waals surface area contributed by atoms with Crippen molar-refractivity contribution in [2.75, 3.05) is 13.2 Å². The molecule has 1 aliphatic heterocycles. The number of carbonyl (C=O) groups is 2. The van der Waals surface area contributed by atoms with Crippen LogP contribution in [0.3, 0.4) is 0 Å². The minimum Gasteiger partial charge on any atom is -0.550 e.